The van der Waals surface area contributed by atoms with Crippen molar-refractivity contribution in [2.75, 3.05) is 13.2 Å². The maximum absolute atomic E-state index is 15.5. The summed E-state index contributed by atoms with van der Waals surface area (Å²) in [4.78, 5) is 15.5. The second-order valence-electron chi connectivity index (χ2n) is 8.61. The third-order valence-corrected chi connectivity index (χ3v) is 6.63. The molecule has 2 N–H and O–H groups in total. The monoisotopic (exact) mass is 474 g/mol. The minimum Gasteiger partial charge on any atom is -0.478 e. The van der Waals surface area contributed by atoms with Gasteiger partial charge in [0.25, 0.3) is 6.43 Å². The summed E-state index contributed by atoms with van der Waals surface area (Å²) >= 11 is 0. The number of para-hydroxylation sites is 1. The van der Waals surface area contributed by atoms with Gasteiger partial charge in [0.1, 0.15) is 11.6 Å². The zero-order valence-corrected chi connectivity index (χ0v) is 18.0. The highest BCUT2D eigenvalue weighted by molar-refractivity contribution is 5.86. The van der Waals surface area contributed by atoms with Crippen LogP contribution in [0.1, 0.15) is 34.8 Å². The third kappa shape index (κ3) is 3.88. The Bertz CT molecular complexity index is 1240. The van der Waals surface area contributed by atoms with Crippen molar-refractivity contribution in [3.63, 3.8) is 0 Å². The second-order valence-corrected chi connectivity index (χ2v) is 8.61. The average molecular weight is 474 g/mol. The number of aromatic amines is 1. The van der Waals surface area contributed by atoms with Gasteiger partial charge in [0.05, 0.1) is 18.7 Å². The largest absolute Gasteiger partial charge is 0.478 e. The van der Waals surface area contributed by atoms with Crippen LogP contribution < -0.4 is 0 Å². The van der Waals surface area contributed by atoms with Gasteiger partial charge in [0.2, 0.25) is 0 Å². The number of carbonyl (C=O) groups is 1. The van der Waals surface area contributed by atoms with Gasteiger partial charge in [-0.25, -0.2) is 22.4 Å². The van der Waals surface area contributed by atoms with Crippen molar-refractivity contribution in [1.29, 1.82) is 0 Å². The molecular weight excluding hydrogens is 452 g/mol. The number of hydrogen-bond donors (Lipinski definition) is 2. The molecule has 1 aromatic heterocycles. The molecule has 2 aliphatic heterocycles. The van der Waals surface area contributed by atoms with E-state index in [-0.39, 0.29) is 24.2 Å². The minimum atomic E-state index is -2.74. The molecule has 3 atom stereocenters. The van der Waals surface area contributed by atoms with Gasteiger partial charge in [0, 0.05) is 40.9 Å². The molecule has 0 aliphatic carbocycles. The maximum Gasteiger partial charge on any atom is 0.328 e. The van der Waals surface area contributed by atoms with Crippen LogP contribution in [0.4, 0.5) is 17.6 Å². The first kappa shape index (κ1) is 22.6. The van der Waals surface area contributed by atoms with Crippen molar-refractivity contribution in [2.45, 2.75) is 37.4 Å². The van der Waals surface area contributed by atoms with Crippen molar-refractivity contribution < 1.29 is 32.2 Å². The minimum absolute atomic E-state index is 0.0231. The van der Waals surface area contributed by atoms with E-state index in [0.29, 0.717) is 29.8 Å². The van der Waals surface area contributed by atoms with Crippen molar-refractivity contribution in [1.82, 2.24) is 9.88 Å². The number of halogens is 4. The van der Waals surface area contributed by atoms with Gasteiger partial charge in [0.15, 0.2) is 0 Å². The van der Waals surface area contributed by atoms with Crippen molar-refractivity contribution in [3.8, 4) is 0 Å². The van der Waals surface area contributed by atoms with Crippen molar-refractivity contribution in [3.05, 3.63) is 76.5 Å². The Morgan fingerprint density at radius 1 is 1.21 bits per heavy atom. The van der Waals surface area contributed by atoms with E-state index >= 15 is 8.78 Å². The zero-order valence-electron chi connectivity index (χ0n) is 18.0. The number of H-pyrrole nitrogens is 1. The molecule has 3 heterocycles. The fraction of sp³-hybridized carbons (Fsp3) is 0.320. The molecule has 0 saturated carbocycles. The van der Waals surface area contributed by atoms with Gasteiger partial charge < -0.3 is 14.8 Å². The summed E-state index contributed by atoms with van der Waals surface area (Å²) in [5, 5.41) is 9.57. The molecular formula is C25H22F4N2O3. The maximum atomic E-state index is 15.5. The Labute approximate surface area is 192 Å². The molecule has 3 unspecified atom stereocenters. The smallest absolute Gasteiger partial charge is 0.328 e. The number of hydrogen-bond acceptors (Lipinski definition) is 3. The fourth-order valence-electron chi connectivity index (χ4n) is 5.21. The highest BCUT2D eigenvalue weighted by atomic mass is 19.3. The van der Waals surface area contributed by atoms with Gasteiger partial charge in [-0.05, 0) is 48.2 Å². The van der Waals surface area contributed by atoms with Crippen LogP contribution in [-0.4, -0.2) is 52.7 Å². The van der Waals surface area contributed by atoms with E-state index in [1.807, 2.05) is 6.07 Å². The molecule has 34 heavy (non-hydrogen) atoms. The first-order valence-electron chi connectivity index (χ1n) is 11.0. The first-order chi connectivity index (χ1) is 16.3. The lowest BCUT2D eigenvalue weighted by Gasteiger charge is -2.45. The number of ether oxygens (including phenoxy) is 1. The number of aromatic nitrogens is 1. The summed E-state index contributed by atoms with van der Waals surface area (Å²) in [5.74, 6) is -3.12. The summed E-state index contributed by atoms with van der Waals surface area (Å²) in [6.07, 6.45) is -0.379. The highest BCUT2D eigenvalue weighted by Crippen LogP contribution is 2.45. The quantitative estimate of drug-likeness (QED) is 0.407. The third-order valence-electron chi connectivity index (χ3n) is 6.63. The van der Waals surface area contributed by atoms with Gasteiger partial charge in [-0.3, -0.25) is 4.90 Å². The van der Waals surface area contributed by atoms with Gasteiger partial charge in [-0.15, -0.1) is 0 Å². The molecule has 0 radical (unpaired) electrons. The molecule has 0 bridgehead atoms. The van der Waals surface area contributed by atoms with Crippen LogP contribution in [0.25, 0.3) is 17.0 Å². The number of alkyl halides is 2. The predicted molar refractivity (Wildman–Crippen MR) is 118 cm³/mol. The number of aliphatic carboxylic acids is 1. The molecule has 178 valence electrons. The van der Waals surface area contributed by atoms with Crippen LogP contribution in [0, 0.1) is 11.6 Å². The number of benzene rings is 2. The van der Waals surface area contributed by atoms with E-state index < -0.39 is 42.2 Å². The Balaban J connectivity index is 1.73. The Hall–Kier alpha value is -3.17. The standard InChI is InChI=1S/C25H22F4N2O3/c26-17-9-13(5-6-21(32)33)10-18(27)22(17)24-23-16(15-3-1-2-4-19(15)30-23)11-20(25(28)29)31(24)14-7-8-34-12-14/h1-6,9-10,14,20,24-25,30H,7-8,11-12H2,(H,32,33)/b6-5+. The van der Waals surface area contributed by atoms with E-state index in [2.05, 4.69) is 4.98 Å². The summed E-state index contributed by atoms with van der Waals surface area (Å²) in [7, 11) is 0. The SMILES string of the molecule is O=C(O)/C=C/c1cc(F)c(C2c3[nH]c4ccccc4c3CC(C(F)F)N2C2CCOC2)c(F)c1. The second kappa shape index (κ2) is 8.88. The van der Waals surface area contributed by atoms with Crippen LogP contribution in [0.15, 0.2) is 42.5 Å². The number of nitrogens with one attached hydrogen (secondary N) is 1. The highest BCUT2D eigenvalue weighted by Gasteiger charge is 2.47. The normalized spacial score (nSPS) is 23.3. The van der Waals surface area contributed by atoms with E-state index in [1.54, 1.807) is 18.2 Å². The van der Waals surface area contributed by atoms with Crippen LogP contribution in [0.3, 0.4) is 0 Å². The van der Waals surface area contributed by atoms with E-state index in [4.69, 9.17) is 9.84 Å². The molecule has 1 saturated heterocycles. The average Bonchev–Trinajstić information content (AvgIpc) is 3.44. The van der Waals surface area contributed by atoms with E-state index in [1.165, 1.54) is 4.90 Å². The predicted octanol–water partition coefficient (Wildman–Crippen LogP) is 4.91. The lowest BCUT2D eigenvalue weighted by atomic mass is 9.85. The Morgan fingerprint density at radius 2 is 1.94 bits per heavy atom. The molecule has 3 aromatic rings. The van der Waals surface area contributed by atoms with Crippen LogP contribution in [0.5, 0.6) is 0 Å². The summed E-state index contributed by atoms with van der Waals surface area (Å²) in [5.41, 5.74) is 1.48. The Kier molecular flexibility index (Phi) is 5.91. The van der Waals surface area contributed by atoms with Crippen LogP contribution >= 0.6 is 0 Å². The first-order valence-corrected chi connectivity index (χ1v) is 11.0. The molecule has 5 rings (SSSR count). The molecule has 1 fully saturated rings. The summed E-state index contributed by atoms with van der Waals surface area (Å²) < 4.78 is 65.2. The molecule has 0 amide bonds. The van der Waals surface area contributed by atoms with Gasteiger partial charge in [-0.1, -0.05) is 18.2 Å². The molecule has 2 aliphatic rings. The molecule has 9 heteroatoms. The number of fused-ring (bicyclic) bond motifs is 3. The number of carboxylic acids is 1. The van der Waals surface area contributed by atoms with Gasteiger partial charge in [-0.2, -0.15) is 0 Å². The molecule has 5 nitrogen and oxygen atoms in total. The Morgan fingerprint density at radius 3 is 2.59 bits per heavy atom. The van der Waals surface area contributed by atoms with E-state index in [9.17, 15) is 13.6 Å². The molecule has 2 aromatic carbocycles. The van der Waals surface area contributed by atoms with E-state index in [0.717, 1.165) is 29.7 Å². The number of rotatable bonds is 5. The fourth-order valence-corrected chi connectivity index (χ4v) is 5.21. The summed E-state index contributed by atoms with van der Waals surface area (Å²) in [6, 6.07) is 6.44. The topological polar surface area (TPSA) is 65.6 Å². The van der Waals surface area contributed by atoms with Crippen LogP contribution in [-0.2, 0) is 16.0 Å². The van der Waals surface area contributed by atoms with Gasteiger partial charge >= 0.3 is 5.97 Å². The van der Waals surface area contributed by atoms with Crippen molar-refractivity contribution in [2.24, 2.45) is 0 Å². The van der Waals surface area contributed by atoms with Crippen LogP contribution in [0.2, 0.25) is 0 Å². The lowest BCUT2D eigenvalue weighted by Crippen LogP contribution is -2.53. The molecule has 0 spiro atoms. The number of nitrogens with zero attached hydrogens (tertiary/aromatic N) is 1. The zero-order chi connectivity index (χ0) is 24.0. The number of carboxylic acid groups (broad SMARTS) is 1. The summed E-state index contributed by atoms with van der Waals surface area (Å²) in [6.45, 7) is 0.575. The lowest BCUT2D eigenvalue weighted by molar-refractivity contribution is -0.131. The van der Waals surface area contributed by atoms with Crippen molar-refractivity contribution >= 4 is 22.9 Å².